The van der Waals surface area contributed by atoms with Crippen molar-refractivity contribution < 1.29 is 0 Å². The van der Waals surface area contributed by atoms with Gasteiger partial charge in [0.05, 0.1) is 11.4 Å². The van der Waals surface area contributed by atoms with E-state index in [9.17, 15) is 0 Å². The van der Waals surface area contributed by atoms with Gasteiger partial charge >= 0.3 is 0 Å². The monoisotopic (exact) mass is 272 g/mol. The van der Waals surface area contributed by atoms with Crippen LogP contribution in [0.2, 0.25) is 0 Å². The molecule has 0 saturated carbocycles. The maximum atomic E-state index is 4.62. The maximum Gasteiger partial charge on any atom is 0.189 e. The summed E-state index contributed by atoms with van der Waals surface area (Å²) < 4.78 is 0. The molecule has 5 heteroatoms. The van der Waals surface area contributed by atoms with Gasteiger partial charge < -0.3 is 4.90 Å². The number of thioether (sulfide) groups is 1. The van der Waals surface area contributed by atoms with Crippen LogP contribution in [0.3, 0.4) is 0 Å². The van der Waals surface area contributed by atoms with Crippen LogP contribution in [0.15, 0.2) is 35.7 Å². The summed E-state index contributed by atoms with van der Waals surface area (Å²) in [6.07, 6.45) is 6.59. The summed E-state index contributed by atoms with van der Waals surface area (Å²) in [4.78, 5) is 15.6. The Morgan fingerprint density at radius 2 is 2.05 bits per heavy atom. The molecule has 3 heterocycles. The number of anilines is 2. The van der Waals surface area contributed by atoms with E-state index in [0.717, 1.165) is 28.8 Å². The zero-order chi connectivity index (χ0) is 13.5. The Hall–Kier alpha value is -1.62. The molecule has 0 radical (unpaired) electrons. The number of rotatable bonds is 2. The van der Waals surface area contributed by atoms with Gasteiger partial charge in [0.25, 0.3) is 0 Å². The Bertz CT molecular complexity index is 612. The Morgan fingerprint density at radius 3 is 2.84 bits per heavy atom. The van der Waals surface area contributed by atoms with E-state index in [-0.39, 0.29) is 5.54 Å². The molecule has 0 bridgehead atoms. The fourth-order valence-corrected chi connectivity index (χ4v) is 2.92. The molecule has 1 aliphatic heterocycles. The van der Waals surface area contributed by atoms with Crippen LogP contribution in [-0.2, 0) is 6.42 Å². The van der Waals surface area contributed by atoms with Crippen LogP contribution in [0.5, 0.6) is 0 Å². The molecule has 0 aromatic carbocycles. The lowest BCUT2D eigenvalue weighted by Gasteiger charge is -2.32. The fraction of sp³-hybridized carbons (Fsp3) is 0.357. The molecule has 0 atom stereocenters. The van der Waals surface area contributed by atoms with E-state index in [0.29, 0.717) is 0 Å². The van der Waals surface area contributed by atoms with Crippen molar-refractivity contribution in [1.82, 2.24) is 15.0 Å². The van der Waals surface area contributed by atoms with Crippen molar-refractivity contribution in [2.45, 2.75) is 31.0 Å². The van der Waals surface area contributed by atoms with Crippen molar-refractivity contribution in [1.29, 1.82) is 0 Å². The number of aromatic nitrogens is 3. The van der Waals surface area contributed by atoms with Crippen molar-refractivity contribution in [2.24, 2.45) is 0 Å². The normalized spacial score (nSPS) is 16.5. The molecule has 0 N–H and O–H groups in total. The van der Waals surface area contributed by atoms with Gasteiger partial charge in [0.1, 0.15) is 5.82 Å². The maximum absolute atomic E-state index is 4.62. The molecule has 0 saturated heterocycles. The van der Waals surface area contributed by atoms with Crippen LogP contribution in [-0.4, -0.2) is 26.7 Å². The number of fused-ring (bicyclic) bond motifs is 1. The first-order valence-electron chi connectivity index (χ1n) is 6.23. The summed E-state index contributed by atoms with van der Waals surface area (Å²) >= 11 is 1.56. The van der Waals surface area contributed by atoms with Crippen molar-refractivity contribution in [3.05, 3.63) is 36.3 Å². The number of pyridine rings is 1. The lowest BCUT2D eigenvalue weighted by Crippen LogP contribution is -2.38. The highest BCUT2D eigenvalue weighted by molar-refractivity contribution is 7.98. The zero-order valence-electron chi connectivity index (χ0n) is 11.3. The van der Waals surface area contributed by atoms with Crippen LogP contribution in [0.4, 0.5) is 11.5 Å². The van der Waals surface area contributed by atoms with Crippen LogP contribution in [0.1, 0.15) is 19.5 Å². The van der Waals surface area contributed by atoms with Gasteiger partial charge in [-0.15, -0.1) is 0 Å². The Balaban J connectivity index is 2.12. The lowest BCUT2D eigenvalue weighted by atomic mass is 10.0. The Morgan fingerprint density at radius 1 is 1.21 bits per heavy atom. The van der Waals surface area contributed by atoms with Gasteiger partial charge in [0, 0.05) is 24.4 Å². The van der Waals surface area contributed by atoms with Gasteiger partial charge in [-0.1, -0.05) is 11.8 Å². The van der Waals surface area contributed by atoms with Crippen molar-refractivity contribution >= 4 is 23.3 Å². The second-order valence-corrected chi connectivity index (χ2v) is 5.97. The second kappa shape index (κ2) is 4.49. The largest absolute Gasteiger partial charge is 0.319 e. The van der Waals surface area contributed by atoms with Crippen LogP contribution >= 0.6 is 11.8 Å². The quantitative estimate of drug-likeness (QED) is 0.621. The molecule has 0 unspecified atom stereocenters. The number of nitrogens with zero attached hydrogens (tertiary/aromatic N) is 4. The highest BCUT2D eigenvalue weighted by atomic mass is 32.2. The van der Waals surface area contributed by atoms with Crippen LogP contribution in [0, 0.1) is 0 Å². The average Bonchev–Trinajstić information content (AvgIpc) is 2.68. The molecular weight excluding hydrogens is 256 g/mol. The predicted molar refractivity (Wildman–Crippen MR) is 78.0 cm³/mol. The van der Waals surface area contributed by atoms with E-state index in [4.69, 9.17) is 0 Å². The summed E-state index contributed by atoms with van der Waals surface area (Å²) in [5, 5.41) is 0.797. The van der Waals surface area contributed by atoms with Crippen molar-refractivity contribution in [3.63, 3.8) is 0 Å². The molecule has 0 amide bonds. The SMILES string of the molecule is CSc1nccc(N2c3cccnc3CC2(C)C)n1. The summed E-state index contributed by atoms with van der Waals surface area (Å²) in [5.41, 5.74) is 2.27. The third-order valence-corrected chi connectivity index (χ3v) is 3.90. The molecule has 4 nitrogen and oxygen atoms in total. The summed E-state index contributed by atoms with van der Waals surface area (Å²) in [6.45, 7) is 4.44. The molecule has 0 fully saturated rings. The van der Waals surface area contributed by atoms with E-state index in [1.54, 1.807) is 11.8 Å². The summed E-state index contributed by atoms with van der Waals surface area (Å²) in [6, 6.07) is 6.05. The fourth-order valence-electron chi connectivity index (χ4n) is 2.57. The third kappa shape index (κ3) is 2.08. The zero-order valence-corrected chi connectivity index (χ0v) is 12.1. The number of hydrogen-bond acceptors (Lipinski definition) is 5. The molecule has 19 heavy (non-hydrogen) atoms. The topological polar surface area (TPSA) is 41.9 Å². The minimum atomic E-state index is -0.0132. The van der Waals surface area contributed by atoms with E-state index >= 15 is 0 Å². The predicted octanol–water partition coefficient (Wildman–Crippen LogP) is 3.07. The second-order valence-electron chi connectivity index (χ2n) is 5.20. The molecule has 2 aromatic heterocycles. The van der Waals surface area contributed by atoms with Crippen molar-refractivity contribution in [3.8, 4) is 0 Å². The Labute approximate surface area is 117 Å². The molecular formula is C14H16N4S. The van der Waals surface area contributed by atoms with E-state index in [1.807, 2.05) is 30.8 Å². The van der Waals surface area contributed by atoms with Crippen LogP contribution < -0.4 is 4.90 Å². The van der Waals surface area contributed by atoms with Crippen LogP contribution in [0.25, 0.3) is 0 Å². The summed E-state index contributed by atoms with van der Waals surface area (Å²) in [5.74, 6) is 0.941. The standard InChI is InChI=1S/C14H16N4S/c1-14(2)9-10-11(5-4-7-15-10)18(14)12-6-8-16-13(17-12)19-3/h4-8H,9H2,1-3H3. The lowest BCUT2D eigenvalue weighted by molar-refractivity contribution is 0.525. The molecule has 0 spiro atoms. The minimum absolute atomic E-state index is 0.0132. The first-order valence-corrected chi connectivity index (χ1v) is 7.45. The smallest absolute Gasteiger partial charge is 0.189 e. The van der Waals surface area contributed by atoms with E-state index < -0.39 is 0 Å². The molecule has 3 rings (SSSR count). The van der Waals surface area contributed by atoms with Gasteiger partial charge in [-0.05, 0) is 38.3 Å². The first-order chi connectivity index (χ1) is 9.12. The number of hydrogen-bond donors (Lipinski definition) is 0. The highest BCUT2D eigenvalue weighted by Gasteiger charge is 2.38. The first kappa shape index (κ1) is 12.4. The molecule has 98 valence electrons. The van der Waals surface area contributed by atoms with E-state index in [2.05, 4.69) is 39.8 Å². The average molecular weight is 272 g/mol. The van der Waals surface area contributed by atoms with Crippen molar-refractivity contribution in [2.75, 3.05) is 11.2 Å². The van der Waals surface area contributed by atoms with Gasteiger partial charge in [0.2, 0.25) is 0 Å². The van der Waals surface area contributed by atoms with E-state index in [1.165, 1.54) is 0 Å². The third-order valence-electron chi connectivity index (χ3n) is 3.34. The Kier molecular flexibility index (Phi) is 2.93. The van der Waals surface area contributed by atoms with Gasteiger partial charge in [0.15, 0.2) is 5.16 Å². The van der Waals surface area contributed by atoms with Gasteiger partial charge in [-0.3, -0.25) is 4.98 Å². The van der Waals surface area contributed by atoms with Gasteiger partial charge in [-0.25, -0.2) is 9.97 Å². The minimum Gasteiger partial charge on any atom is -0.319 e. The molecule has 0 aliphatic carbocycles. The molecule has 1 aliphatic rings. The highest BCUT2D eigenvalue weighted by Crippen LogP contribution is 2.42. The summed E-state index contributed by atoms with van der Waals surface area (Å²) in [7, 11) is 0. The van der Waals surface area contributed by atoms with Gasteiger partial charge in [-0.2, -0.15) is 0 Å². The molecule has 2 aromatic rings.